The van der Waals surface area contributed by atoms with E-state index in [0.717, 1.165) is 32.1 Å². The molecule has 10 heteroatoms. The number of amides is 2. The zero-order valence-corrected chi connectivity index (χ0v) is 22.2. The fourth-order valence-electron chi connectivity index (χ4n) is 4.06. The Hall–Kier alpha value is -4.75. The molecule has 0 aliphatic heterocycles. The quantitative estimate of drug-likeness (QED) is 0.198. The molecule has 1 aromatic heterocycles. The SMILES string of the molecule is CCN(CC)CCCOc1cc2nccc(Oc3ccc(NC(=O)Nc4ccc(F)cc4)c(F)c3)c2cc1C#N. The van der Waals surface area contributed by atoms with E-state index >= 15 is 0 Å². The fourth-order valence-corrected chi connectivity index (χ4v) is 4.06. The molecule has 0 spiro atoms. The summed E-state index contributed by atoms with van der Waals surface area (Å²) in [6.45, 7) is 7.54. The molecule has 1 heterocycles. The van der Waals surface area contributed by atoms with Crippen molar-refractivity contribution in [3.8, 4) is 23.3 Å². The second kappa shape index (κ2) is 13.4. The standard InChI is InChI=1S/C30H29F2N5O3/c1-3-37(4-2)14-5-15-39-29-18-27-24(16-20(29)19-33)28(12-13-34-27)40-23-10-11-26(25(32)17-23)36-30(38)35-22-8-6-21(31)7-9-22/h6-13,16-18H,3-5,14-15H2,1-2H3,(H2,35,36,38). The van der Waals surface area contributed by atoms with Crippen molar-refractivity contribution in [3.63, 3.8) is 0 Å². The van der Waals surface area contributed by atoms with Gasteiger partial charge in [0.2, 0.25) is 0 Å². The Morgan fingerprint density at radius 2 is 1.77 bits per heavy atom. The van der Waals surface area contributed by atoms with Crippen LogP contribution in [0.3, 0.4) is 0 Å². The number of carbonyl (C=O) groups excluding carboxylic acids is 1. The van der Waals surface area contributed by atoms with Crippen LogP contribution in [0.1, 0.15) is 25.8 Å². The van der Waals surface area contributed by atoms with Crippen LogP contribution in [0, 0.1) is 23.0 Å². The number of urea groups is 1. The summed E-state index contributed by atoms with van der Waals surface area (Å²) >= 11 is 0. The smallest absolute Gasteiger partial charge is 0.323 e. The maximum absolute atomic E-state index is 14.8. The first-order valence-electron chi connectivity index (χ1n) is 12.9. The number of benzene rings is 3. The summed E-state index contributed by atoms with van der Waals surface area (Å²) in [5.74, 6) is -0.148. The molecule has 4 aromatic rings. The molecule has 0 bridgehead atoms. The number of fused-ring (bicyclic) bond motifs is 1. The zero-order chi connectivity index (χ0) is 28.5. The monoisotopic (exact) mass is 545 g/mol. The van der Waals surface area contributed by atoms with Crippen molar-refractivity contribution in [3.05, 3.63) is 84.1 Å². The van der Waals surface area contributed by atoms with Crippen molar-refractivity contribution in [2.75, 3.05) is 36.9 Å². The average molecular weight is 546 g/mol. The molecule has 0 atom stereocenters. The molecule has 0 radical (unpaired) electrons. The zero-order valence-electron chi connectivity index (χ0n) is 22.2. The predicted octanol–water partition coefficient (Wildman–Crippen LogP) is 6.93. The first-order valence-corrected chi connectivity index (χ1v) is 12.9. The molecule has 0 aliphatic carbocycles. The minimum absolute atomic E-state index is 0.0684. The number of ether oxygens (including phenoxy) is 2. The number of nitrogens with zero attached hydrogens (tertiary/aromatic N) is 3. The van der Waals surface area contributed by atoms with Gasteiger partial charge in [-0.1, -0.05) is 13.8 Å². The van der Waals surface area contributed by atoms with Gasteiger partial charge in [0.05, 0.1) is 23.4 Å². The number of carbonyl (C=O) groups is 1. The second-order valence-corrected chi connectivity index (χ2v) is 8.85. The number of nitrogens with one attached hydrogen (secondary N) is 2. The maximum atomic E-state index is 14.8. The Bertz CT molecular complexity index is 1520. The van der Waals surface area contributed by atoms with E-state index in [-0.39, 0.29) is 11.4 Å². The molecule has 206 valence electrons. The topological polar surface area (TPSA) is 99.5 Å². The molecule has 4 rings (SSSR count). The van der Waals surface area contributed by atoms with Gasteiger partial charge in [-0.2, -0.15) is 5.26 Å². The molecule has 0 saturated carbocycles. The molecule has 0 aliphatic rings. The largest absolute Gasteiger partial charge is 0.492 e. The van der Waals surface area contributed by atoms with Crippen molar-refractivity contribution >= 4 is 28.3 Å². The van der Waals surface area contributed by atoms with Crippen molar-refractivity contribution in [1.82, 2.24) is 9.88 Å². The summed E-state index contributed by atoms with van der Waals surface area (Å²) in [4.78, 5) is 18.9. The summed E-state index contributed by atoms with van der Waals surface area (Å²) in [7, 11) is 0. The van der Waals surface area contributed by atoms with Gasteiger partial charge in [0, 0.05) is 35.9 Å². The van der Waals surface area contributed by atoms with E-state index in [1.54, 1.807) is 24.4 Å². The number of anilines is 2. The predicted molar refractivity (Wildman–Crippen MR) is 150 cm³/mol. The van der Waals surface area contributed by atoms with Crippen molar-refractivity contribution < 1.29 is 23.0 Å². The highest BCUT2D eigenvalue weighted by Crippen LogP contribution is 2.34. The van der Waals surface area contributed by atoms with Crippen LogP contribution in [0.25, 0.3) is 10.9 Å². The van der Waals surface area contributed by atoms with Crippen LogP contribution in [0.2, 0.25) is 0 Å². The van der Waals surface area contributed by atoms with Gasteiger partial charge in [0.15, 0.2) is 0 Å². The van der Waals surface area contributed by atoms with E-state index in [4.69, 9.17) is 9.47 Å². The number of pyridine rings is 1. The lowest BCUT2D eigenvalue weighted by atomic mass is 10.1. The summed E-state index contributed by atoms with van der Waals surface area (Å²) in [5, 5.41) is 15.2. The van der Waals surface area contributed by atoms with E-state index in [1.807, 2.05) is 0 Å². The van der Waals surface area contributed by atoms with E-state index in [1.165, 1.54) is 36.4 Å². The molecular formula is C30H29F2N5O3. The van der Waals surface area contributed by atoms with Gasteiger partial charge < -0.3 is 25.0 Å². The molecule has 2 amide bonds. The Kier molecular flexibility index (Phi) is 9.44. The number of hydrogen-bond acceptors (Lipinski definition) is 6. The van der Waals surface area contributed by atoms with Gasteiger partial charge >= 0.3 is 6.03 Å². The van der Waals surface area contributed by atoms with Gasteiger partial charge in [-0.05, 0) is 68.0 Å². The minimum atomic E-state index is -0.719. The van der Waals surface area contributed by atoms with Crippen LogP contribution in [-0.4, -0.2) is 42.2 Å². The van der Waals surface area contributed by atoms with Gasteiger partial charge in [0.1, 0.15) is 35.0 Å². The molecule has 3 aromatic carbocycles. The van der Waals surface area contributed by atoms with E-state index < -0.39 is 17.7 Å². The van der Waals surface area contributed by atoms with E-state index in [9.17, 15) is 18.8 Å². The number of nitriles is 1. The van der Waals surface area contributed by atoms with Crippen molar-refractivity contribution in [2.45, 2.75) is 20.3 Å². The Morgan fingerprint density at radius 1 is 1.00 bits per heavy atom. The summed E-state index contributed by atoms with van der Waals surface area (Å²) < 4.78 is 39.7. The second-order valence-electron chi connectivity index (χ2n) is 8.85. The van der Waals surface area contributed by atoms with Gasteiger partial charge in [-0.15, -0.1) is 0 Å². The van der Waals surface area contributed by atoms with Crippen LogP contribution >= 0.6 is 0 Å². The highest BCUT2D eigenvalue weighted by Gasteiger charge is 2.14. The van der Waals surface area contributed by atoms with Crippen molar-refractivity contribution in [1.29, 1.82) is 5.26 Å². The lowest BCUT2D eigenvalue weighted by Crippen LogP contribution is -2.25. The third kappa shape index (κ3) is 7.21. The van der Waals surface area contributed by atoms with E-state index in [0.29, 0.717) is 40.3 Å². The minimum Gasteiger partial charge on any atom is -0.492 e. The normalized spacial score (nSPS) is 10.8. The molecular weight excluding hydrogens is 516 g/mol. The van der Waals surface area contributed by atoms with Crippen LogP contribution in [0.4, 0.5) is 25.0 Å². The fraction of sp³-hybridized carbons (Fsp3) is 0.233. The van der Waals surface area contributed by atoms with Crippen LogP contribution < -0.4 is 20.1 Å². The van der Waals surface area contributed by atoms with Gasteiger partial charge in [-0.25, -0.2) is 13.6 Å². The number of aromatic nitrogens is 1. The Labute approximate surface area is 231 Å². The molecule has 0 unspecified atom stereocenters. The summed E-state index contributed by atoms with van der Waals surface area (Å²) in [6, 6.07) is 15.6. The highest BCUT2D eigenvalue weighted by atomic mass is 19.1. The maximum Gasteiger partial charge on any atom is 0.323 e. The summed E-state index contributed by atoms with van der Waals surface area (Å²) in [5.41, 5.74) is 1.19. The molecule has 0 fully saturated rings. The van der Waals surface area contributed by atoms with Crippen molar-refractivity contribution in [2.24, 2.45) is 0 Å². The number of hydrogen-bond donors (Lipinski definition) is 2. The van der Waals surface area contributed by atoms with Crippen LogP contribution in [-0.2, 0) is 0 Å². The number of halogens is 2. The van der Waals surface area contributed by atoms with Gasteiger partial charge in [0.25, 0.3) is 0 Å². The molecule has 8 nitrogen and oxygen atoms in total. The highest BCUT2D eigenvalue weighted by molar-refractivity contribution is 5.99. The van der Waals surface area contributed by atoms with Crippen LogP contribution in [0.15, 0.2) is 66.9 Å². The lowest BCUT2D eigenvalue weighted by molar-refractivity contribution is 0.249. The first-order chi connectivity index (χ1) is 19.4. The first kappa shape index (κ1) is 28.3. The third-order valence-corrected chi connectivity index (χ3v) is 6.21. The third-order valence-electron chi connectivity index (χ3n) is 6.21. The molecule has 0 saturated heterocycles. The summed E-state index contributed by atoms with van der Waals surface area (Å²) in [6.07, 6.45) is 2.38. The number of rotatable bonds is 11. The Morgan fingerprint density at radius 3 is 2.48 bits per heavy atom. The molecule has 2 N–H and O–H groups in total. The van der Waals surface area contributed by atoms with Gasteiger partial charge in [-0.3, -0.25) is 4.98 Å². The van der Waals surface area contributed by atoms with E-state index in [2.05, 4.69) is 40.4 Å². The average Bonchev–Trinajstić information content (AvgIpc) is 2.95. The lowest BCUT2D eigenvalue weighted by Gasteiger charge is -2.18. The Balaban J connectivity index is 1.45. The molecule has 40 heavy (non-hydrogen) atoms. The van der Waals surface area contributed by atoms with Crippen LogP contribution in [0.5, 0.6) is 17.2 Å².